The molecule has 0 fully saturated rings. The molecule has 2 aromatic carbocycles. The van der Waals surface area contributed by atoms with E-state index in [9.17, 15) is 14.7 Å². The van der Waals surface area contributed by atoms with Crippen molar-refractivity contribution in [2.45, 2.75) is 64.8 Å². The summed E-state index contributed by atoms with van der Waals surface area (Å²) in [5.41, 5.74) is 3.57. The highest BCUT2D eigenvalue weighted by atomic mass is 32.1. The van der Waals surface area contributed by atoms with Crippen LogP contribution in [0.15, 0.2) is 66.7 Å². The summed E-state index contributed by atoms with van der Waals surface area (Å²) >= 11 is 1.39. The molecule has 226 valence electrons. The van der Waals surface area contributed by atoms with E-state index in [2.05, 4.69) is 36.3 Å². The van der Waals surface area contributed by atoms with Gasteiger partial charge in [0.05, 0.1) is 18.0 Å². The van der Waals surface area contributed by atoms with Gasteiger partial charge in [0, 0.05) is 19.6 Å². The maximum Gasteiger partial charge on any atom is 0.233 e. The van der Waals surface area contributed by atoms with Crippen LogP contribution >= 0.6 is 11.3 Å². The van der Waals surface area contributed by atoms with Gasteiger partial charge in [-0.05, 0) is 61.9 Å². The van der Waals surface area contributed by atoms with Crippen LogP contribution in [0.4, 0.5) is 10.9 Å². The van der Waals surface area contributed by atoms with Gasteiger partial charge >= 0.3 is 0 Å². The first-order chi connectivity index (χ1) is 20.9. The molecule has 2 unspecified atom stereocenters. The zero-order valence-corrected chi connectivity index (χ0v) is 25.1. The summed E-state index contributed by atoms with van der Waals surface area (Å²) in [6, 6.07) is 20.8. The highest BCUT2D eigenvalue weighted by Crippen LogP contribution is 2.21. The number of aliphatic hydroxyl groups excluding tert-OH is 1. The molecule has 4 rings (SSSR count). The molecule has 0 spiro atoms. The Morgan fingerprint density at radius 1 is 0.907 bits per heavy atom. The van der Waals surface area contributed by atoms with E-state index < -0.39 is 6.41 Å². The number of benzene rings is 2. The van der Waals surface area contributed by atoms with Crippen molar-refractivity contribution in [3.63, 3.8) is 0 Å². The Bertz CT molecular complexity index is 1450. The first-order valence-corrected chi connectivity index (χ1v) is 15.1. The molecular formula is C31H37N7O4S. The Hall–Kier alpha value is -4.10. The lowest BCUT2D eigenvalue weighted by atomic mass is 10.0. The molecule has 2 atom stereocenters. The van der Waals surface area contributed by atoms with Gasteiger partial charge in [-0.3, -0.25) is 14.9 Å². The number of hydrogen-bond acceptors (Lipinski definition) is 10. The van der Waals surface area contributed by atoms with Gasteiger partial charge in [0.15, 0.2) is 5.82 Å². The van der Waals surface area contributed by atoms with Crippen LogP contribution in [0.5, 0.6) is 0 Å². The van der Waals surface area contributed by atoms with E-state index in [0.717, 1.165) is 53.1 Å². The molecule has 2 heterocycles. The number of nitrogens with zero attached hydrogens (tertiary/aromatic N) is 4. The maximum atomic E-state index is 12.6. The molecular weight excluding hydrogens is 566 g/mol. The van der Waals surface area contributed by atoms with Gasteiger partial charge in [-0.1, -0.05) is 65.9 Å². The lowest BCUT2D eigenvalue weighted by Crippen LogP contribution is -2.30. The van der Waals surface area contributed by atoms with Gasteiger partial charge in [0.2, 0.25) is 23.4 Å². The van der Waals surface area contributed by atoms with Gasteiger partial charge in [-0.15, -0.1) is 15.3 Å². The van der Waals surface area contributed by atoms with Crippen molar-refractivity contribution in [2.24, 2.45) is 0 Å². The smallest absolute Gasteiger partial charge is 0.233 e. The maximum absolute atomic E-state index is 12.6. The normalized spacial score (nSPS) is 12.4. The van der Waals surface area contributed by atoms with Crippen LogP contribution in [0.2, 0.25) is 0 Å². The third-order valence-electron chi connectivity index (χ3n) is 6.61. The number of carbonyl (C=O) groups excluding carboxylic acids is 2. The van der Waals surface area contributed by atoms with Crippen LogP contribution in [-0.2, 0) is 40.1 Å². The van der Waals surface area contributed by atoms with E-state index in [1.807, 2.05) is 67.6 Å². The predicted octanol–water partition coefficient (Wildman–Crippen LogP) is 4.22. The zero-order chi connectivity index (χ0) is 30.4. The third-order valence-corrected chi connectivity index (χ3v) is 7.51. The number of hydrogen-bond donors (Lipinski definition) is 4. The summed E-state index contributed by atoms with van der Waals surface area (Å²) in [6.45, 7) is 4.50. The standard InChI is InChI=1S/C31H37N7O4S/c1-3-42-31(41)32-20-23-11-9-10-22(18-23)19-27(39)33-26-17-16-25(35-36-26)14-7-8-15-28-37-38-30(43-28)34-29(40)21(2)24-12-5-4-6-13-24/h4-6,9-13,16-18,21,31-32,41H,3,7-8,14-15,19-20H2,1-2H3,(H,33,36,39)(H,34,38,40). The first-order valence-electron chi connectivity index (χ1n) is 14.3. The van der Waals surface area contributed by atoms with Crippen molar-refractivity contribution in [3.8, 4) is 0 Å². The second kappa shape index (κ2) is 16.5. The molecule has 12 heteroatoms. The summed E-state index contributed by atoms with van der Waals surface area (Å²) < 4.78 is 5.06. The van der Waals surface area contributed by atoms with Crippen LogP contribution in [-0.4, -0.2) is 50.3 Å². The molecule has 0 saturated carbocycles. The van der Waals surface area contributed by atoms with Gasteiger partial charge in [0.25, 0.3) is 0 Å². The second-order valence-electron chi connectivity index (χ2n) is 9.97. The molecule has 0 bridgehead atoms. The van der Waals surface area contributed by atoms with E-state index in [1.54, 1.807) is 13.0 Å². The molecule has 0 radical (unpaired) electrons. The van der Waals surface area contributed by atoms with Crippen LogP contribution < -0.4 is 16.0 Å². The highest BCUT2D eigenvalue weighted by molar-refractivity contribution is 7.15. The molecule has 0 saturated heterocycles. The summed E-state index contributed by atoms with van der Waals surface area (Å²) in [4.78, 5) is 25.1. The number of rotatable bonds is 16. The Kier molecular flexibility index (Phi) is 12.2. The van der Waals surface area contributed by atoms with Crippen molar-refractivity contribution in [2.75, 3.05) is 17.2 Å². The molecule has 2 aromatic heterocycles. The molecule has 0 aliphatic rings. The number of ether oxygens (including phenoxy) is 1. The van der Waals surface area contributed by atoms with E-state index in [-0.39, 0.29) is 24.2 Å². The van der Waals surface area contributed by atoms with Crippen LogP contribution in [0, 0.1) is 0 Å². The summed E-state index contributed by atoms with van der Waals surface area (Å²) in [6.07, 6.45) is 2.44. The molecule has 4 aromatic rings. The van der Waals surface area contributed by atoms with Gasteiger partial charge in [-0.2, -0.15) is 5.10 Å². The Labute approximate surface area is 255 Å². The van der Waals surface area contributed by atoms with Crippen molar-refractivity contribution >= 4 is 34.1 Å². The van der Waals surface area contributed by atoms with E-state index >= 15 is 0 Å². The highest BCUT2D eigenvalue weighted by Gasteiger charge is 2.17. The quantitative estimate of drug-likeness (QED) is 0.109. The minimum atomic E-state index is -1.03. The van der Waals surface area contributed by atoms with E-state index in [4.69, 9.17) is 4.74 Å². The average Bonchev–Trinajstić information content (AvgIpc) is 3.46. The fourth-order valence-electron chi connectivity index (χ4n) is 4.30. The average molecular weight is 604 g/mol. The lowest BCUT2D eigenvalue weighted by molar-refractivity contribution is -0.117. The van der Waals surface area contributed by atoms with Crippen LogP contribution in [0.1, 0.15) is 60.0 Å². The Balaban J connectivity index is 1.15. The number of anilines is 2. The van der Waals surface area contributed by atoms with Crippen LogP contribution in [0.3, 0.4) is 0 Å². The SMILES string of the molecule is CCOC(O)NCc1cccc(CC(=O)Nc2ccc(CCCCc3nnc(NC(=O)C(C)c4ccccc4)s3)nn2)c1. The summed E-state index contributed by atoms with van der Waals surface area (Å²) in [7, 11) is 0. The third kappa shape index (κ3) is 10.6. The first kappa shape index (κ1) is 31.8. The lowest BCUT2D eigenvalue weighted by Gasteiger charge is -2.12. The number of nitrogens with one attached hydrogen (secondary N) is 3. The topological polar surface area (TPSA) is 151 Å². The summed E-state index contributed by atoms with van der Waals surface area (Å²) in [5.74, 6) is -0.175. The zero-order valence-electron chi connectivity index (χ0n) is 24.3. The molecule has 4 N–H and O–H groups in total. The fraction of sp³-hybridized carbons (Fsp3) is 0.355. The molecule has 0 aliphatic heterocycles. The molecule has 0 aliphatic carbocycles. The number of aromatic nitrogens is 4. The molecule has 2 amide bonds. The predicted molar refractivity (Wildman–Crippen MR) is 165 cm³/mol. The molecule has 11 nitrogen and oxygen atoms in total. The van der Waals surface area contributed by atoms with Crippen LogP contribution in [0.25, 0.3) is 0 Å². The summed E-state index contributed by atoms with van der Waals surface area (Å²) in [5, 5.41) is 36.3. The van der Waals surface area contributed by atoms with Crippen molar-refractivity contribution in [3.05, 3.63) is 94.1 Å². The van der Waals surface area contributed by atoms with Gasteiger partial charge in [0.1, 0.15) is 5.01 Å². The van der Waals surface area contributed by atoms with Crippen molar-refractivity contribution in [1.29, 1.82) is 0 Å². The fourth-order valence-corrected chi connectivity index (χ4v) is 5.08. The largest absolute Gasteiger partial charge is 0.356 e. The number of unbranched alkanes of at least 4 members (excludes halogenated alkanes) is 1. The van der Waals surface area contributed by atoms with Crippen molar-refractivity contribution < 1.29 is 19.4 Å². The van der Waals surface area contributed by atoms with E-state index in [1.165, 1.54) is 11.3 Å². The van der Waals surface area contributed by atoms with Crippen molar-refractivity contribution in [1.82, 2.24) is 25.7 Å². The molecule has 43 heavy (non-hydrogen) atoms. The van der Waals surface area contributed by atoms with E-state index in [0.29, 0.717) is 24.1 Å². The number of amides is 2. The number of carbonyl (C=O) groups is 2. The minimum absolute atomic E-state index is 0.107. The minimum Gasteiger partial charge on any atom is -0.356 e. The second-order valence-corrected chi connectivity index (χ2v) is 11.0. The monoisotopic (exact) mass is 603 g/mol. The number of aliphatic hydroxyl groups is 1. The van der Waals surface area contributed by atoms with Gasteiger partial charge < -0.3 is 20.5 Å². The Morgan fingerprint density at radius 2 is 1.70 bits per heavy atom. The Morgan fingerprint density at radius 3 is 2.47 bits per heavy atom. The number of aryl methyl sites for hydroxylation is 2. The van der Waals surface area contributed by atoms with Gasteiger partial charge in [-0.25, -0.2) is 0 Å².